The van der Waals surface area contributed by atoms with E-state index in [2.05, 4.69) is 11.6 Å². The Kier molecular flexibility index (Phi) is 5.54. The maximum Gasteiger partial charge on any atom is 0.415 e. The first kappa shape index (κ1) is 18.2. The summed E-state index contributed by atoms with van der Waals surface area (Å²) < 4.78 is 36.9. The van der Waals surface area contributed by atoms with Crippen molar-refractivity contribution in [2.45, 2.75) is 6.18 Å². The molecule has 0 atom stereocenters. The molecule has 0 unspecified atom stereocenters. The number of hydrogen-bond acceptors (Lipinski definition) is 2. The van der Waals surface area contributed by atoms with Gasteiger partial charge in [-0.15, -0.1) is 0 Å². The Morgan fingerprint density at radius 3 is 2.36 bits per heavy atom. The molecule has 3 nitrogen and oxygen atoms in total. The first-order chi connectivity index (χ1) is 11.8. The van der Waals surface area contributed by atoms with Crippen LogP contribution in [0.5, 0.6) is 0 Å². The highest BCUT2D eigenvalue weighted by atomic mass is 19.4. The molecule has 0 spiro atoms. The molecule has 0 aliphatic heterocycles. The van der Waals surface area contributed by atoms with Crippen molar-refractivity contribution < 1.29 is 18.0 Å². The molecule has 0 bridgehead atoms. The van der Waals surface area contributed by atoms with Gasteiger partial charge in [-0.3, -0.25) is 4.79 Å². The van der Waals surface area contributed by atoms with Crippen molar-refractivity contribution in [2.24, 2.45) is 5.73 Å². The number of halogens is 3. The average Bonchev–Trinajstić information content (AvgIpc) is 2.58. The molecule has 0 saturated heterocycles. The molecule has 1 amide bonds. The first-order valence-corrected chi connectivity index (χ1v) is 7.25. The van der Waals surface area contributed by atoms with E-state index in [0.29, 0.717) is 17.0 Å². The number of amides is 1. The second-order valence-corrected chi connectivity index (χ2v) is 5.13. The van der Waals surface area contributed by atoms with Gasteiger partial charge in [0, 0.05) is 16.7 Å². The van der Waals surface area contributed by atoms with Crippen LogP contribution in [0.2, 0.25) is 0 Å². The summed E-state index contributed by atoms with van der Waals surface area (Å²) in [6, 6.07) is 12.0. The lowest BCUT2D eigenvalue weighted by atomic mass is 10.1. The van der Waals surface area contributed by atoms with Gasteiger partial charge in [-0.1, -0.05) is 43.0 Å². The summed E-state index contributed by atoms with van der Waals surface area (Å²) in [5.74, 6) is -0.511. The van der Waals surface area contributed by atoms with E-state index < -0.39 is 17.7 Å². The molecule has 1 aromatic heterocycles. The van der Waals surface area contributed by atoms with E-state index in [0.717, 1.165) is 11.6 Å². The maximum absolute atomic E-state index is 12.3. The van der Waals surface area contributed by atoms with Gasteiger partial charge in [-0.25, -0.2) is 4.98 Å². The predicted octanol–water partition coefficient (Wildman–Crippen LogP) is 4.54. The van der Waals surface area contributed by atoms with E-state index in [1.54, 1.807) is 48.5 Å². The summed E-state index contributed by atoms with van der Waals surface area (Å²) in [4.78, 5) is 15.5. The normalized spacial score (nSPS) is 12.0. The van der Waals surface area contributed by atoms with Crippen LogP contribution in [-0.4, -0.2) is 17.1 Å². The minimum Gasteiger partial charge on any atom is -0.366 e. The lowest BCUT2D eigenvalue weighted by molar-refractivity contribution is -0.0878. The smallest absolute Gasteiger partial charge is 0.366 e. The van der Waals surface area contributed by atoms with E-state index in [4.69, 9.17) is 5.73 Å². The fourth-order valence-corrected chi connectivity index (χ4v) is 1.93. The molecule has 128 valence electrons. The number of aromatic nitrogens is 1. The molecule has 0 fully saturated rings. The van der Waals surface area contributed by atoms with Gasteiger partial charge in [-0.05, 0) is 30.3 Å². The maximum atomic E-state index is 12.3. The fourth-order valence-electron chi connectivity index (χ4n) is 1.93. The number of benzene rings is 1. The van der Waals surface area contributed by atoms with Gasteiger partial charge in [0.1, 0.15) is 0 Å². The van der Waals surface area contributed by atoms with Crippen molar-refractivity contribution in [1.82, 2.24) is 4.98 Å². The van der Waals surface area contributed by atoms with Gasteiger partial charge in [0.2, 0.25) is 5.91 Å². The molecule has 2 rings (SSSR count). The van der Waals surface area contributed by atoms with Gasteiger partial charge < -0.3 is 5.73 Å². The standard InChI is InChI=1S/C19H15F3N2O/c1-13(19(20,21)22)5-2-3-6-16-7-4-8-17(24-16)14-9-11-15(12-10-14)18(23)25/h2-12H,1H2,(H2,23,25)/b5-2-,6-3+. The van der Waals surface area contributed by atoms with Crippen molar-refractivity contribution in [3.05, 3.63) is 84.1 Å². The second kappa shape index (κ2) is 7.61. The number of nitrogens with zero attached hydrogens (tertiary/aromatic N) is 1. The third-order valence-corrected chi connectivity index (χ3v) is 3.28. The molecule has 2 N–H and O–H groups in total. The zero-order valence-corrected chi connectivity index (χ0v) is 13.1. The van der Waals surface area contributed by atoms with Crippen LogP contribution in [0.25, 0.3) is 17.3 Å². The van der Waals surface area contributed by atoms with E-state index in [1.807, 2.05) is 0 Å². The largest absolute Gasteiger partial charge is 0.415 e. The van der Waals surface area contributed by atoms with E-state index >= 15 is 0 Å². The number of carbonyl (C=O) groups is 1. The van der Waals surface area contributed by atoms with Crippen molar-refractivity contribution in [1.29, 1.82) is 0 Å². The van der Waals surface area contributed by atoms with Gasteiger partial charge in [0.25, 0.3) is 0 Å². The highest BCUT2D eigenvalue weighted by Crippen LogP contribution is 2.24. The number of primary amides is 1. The first-order valence-electron chi connectivity index (χ1n) is 7.25. The Hall–Kier alpha value is -3.15. The SMILES string of the molecule is C=C(/C=C\C=C\c1cccc(-c2ccc(C(N)=O)cc2)n1)C(F)(F)F. The Morgan fingerprint density at radius 1 is 1.08 bits per heavy atom. The number of allylic oxidation sites excluding steroid dienone is 4. The van der Waals surface area contributed by atoms with Crippen LogP contribution in [0.3, 0.4) is 0 Å². The monoisotopic (exact) mass is 344 g/mol. The molecular formula is C19H15F3N2O. The lowest BCUT2D eigenvalue weighted by Crippen LogP contribution is -2.10. The quantitative estimate of drug-likeness (QED) is 0.810. The Balaban J connectivity index is 2.13. The summed E-state index contributed by atoms with van der Waals surface area (Å²) in [5, 5.41) is 0. The molecule has 25 heavy (non-hydrogen) atoms. The number of rotatable bonds is 5. The molecule has 1 heterocycles. The molecule has 0 saturated carbocycles. The highest BCUT2D eigenvalue weighted by molar-refractivity contribution is 5.93. The summed E-state index contributed by atoms with van der Waals surface area (Å²) in [7, 11) is 0. The van der Waals surface area contributed by atoms with Crippen molar-refractivity contribution in [3.63, 3.8) is 0 Å². The Bertz CT molecular complexity index is 834. The van der Waals surface area contributed by atoms with Gasteiger partial charge in [0.05, 0.1) is 11.4 Å². The summed E-state index contributed by atoms with van der Waals surface area (Å²) in [6.45, 7) is 2.95. The zero-order valence-electron chi connectivity index (χ0n) is 13.1. The Morgan fingerprint density at radius 2 is 1.76 bits per heavy atom. The number of pyridine rings is 1. The fraction of sp³-hybridized carbons (Fsp3) is 0.0526. The van der Waals surface area contributed by atoms with Crippen LogP contribution in [-0.2, 0) is 0 Å². The third-order valence-electron chi connectivity index (χ3n) is 3.28. The van der Waals surface area contributed by atoms with Crippen LogP contribution < -0.4 is 5.73 Å². The number of alkyl halides is 3. The van der Waals surface area contributed by atoms with Crippen molar-refractivity contribution in [3.8, 4) is 11.3 Å². The number of carbonyl (C=O) groups excluding carboxylic acids is 1. The molecular weight excluding hydrogens is 329 g/mol. The van der Waals surface area contributed by atoms with Crippen molar-refractivity contribution >= 4 is 12.0 Å². The van der Waals surface area contributed by atoms with E-state index in [1.165, 1.54) is 12.2 Å². The average molecular weight is 344 g/mol. The third kappa shape index (κ3) is 5.17. The van der Waals surface area contributed by atoms with Gasteiger partial charge in [-0.2, -0.15) is 13.2 Å². The molecule has 2 aromatic rings. The number of hydrogen-bond donors (Lipinski definition) is 1. The van der Waals surface area contributed by atoms with E-state index in [-0.39, 0.29) is 0 Å². The minimum absolute atomic E-state index is 0.398. The molecule has 0 radical (unpaired) electrons. The van der Waals surface area contributed by atoms with Crippen molar-refractivity contribution in [2.75, 3.05) is 0 Å². The minimum atomic E-state index is -4.43. The van der Waals surface area contributed by atoms with E-state index in [9.17, 15) is 18.0 Å². The second-order valence-electron chi connectivity index (χ2n) is 5.13. The zero-order chi connectivity index (χ0) is 18.4. The van der Waals surface area contributed by atoms with Gasteiger partial charge >= 0.3 is 6.18 Å². The summed E-state index contributed by atoms with van der Waals surface area (Å²) >= 11 is 0. The van der Waals surface area contributed by atoms with Crippen LogP contribution in [0.1, 0.15) is 16.1 Å². The van der Waals surface area contributed by atoms with Crippen LogP contribution in [0.15, 0.2) is 72.8 Å². The summed E-state index contributed by atoms with van der Waals surface area (Å²) in [5.41, 5.74) is 6.71. The lowest BCUT2D eigenvalue weighted by Gasteiger charge is -2.04. The molecule has 0 aliphatic carbocycles. The van der Waals surface area contributed by atoms with Gasteiger partial charge in [0.15, 0.2) is 0 Å². The molecule has 1 aromatic carbocycles. The van der Waals surface area contributed by atoms with Crippen LogP contribution in [0.4, 0.5) is 13.2 Å². The predicted molar refractivity (Wildman–Crippen MR) is 91.6 cm³/mol. The molecule has 6 heteroatoms. The molecule has 0 aliphatic rings. The Labute approximate surface area is 143 Å². The topological polar surface area (TPSA) is 56.0 Å². The van der Waals surface area contributed by atoms with Crippen LogP contribution in [0, 0.1) is 0 Å². The van der Waals surface area contributed by atoms with Crippen LogP contribution >= 0.6 is 0 Å². The number of nitrogens with two attached hydrogens (primary N) is 1. The highest BCUT2D eigenvalue weighted by Gasteiger charge is 2.29. The summed E-state index contributed by atoms with van der Waals surface area (Å²) in [6.07, 6.45) is 0.759.